The summed E-state index contributed by atoms with van der Waals surface area (Å²) in [5.74, 6) is 0.364. The lowest BCUT2D eigenvalue weighted by atomic mass is 9.79. The Morgan fingerprint density at radius 2 is 1.76 bits per heavy atom. The molecule has 2 aliphatic rings. The third-order valence-electron chi connectivity index (χ3n) is 3.27. The molecule has 0 aliphatic carbocycles. The molecule has 0 aromatic heterocycles. The van der Waals surface area contributed by atoms with Crippen LogP contribution in [-0.2, 0) is 0 Å². The van der Waals surface area contributed by atoms with Crippen LogP contribution in [0.15, 0.2) is 11.6 Å². The largest absolute Gasteiger partial charge is 0.366 e. The van der Waals surface area contributed by atoms with Crippen LogP contribution in [0.2, 0.25) is 0 Å². The van der Waals surface area contributed by atoms with Crippen LogP contribution in [0, 0.1) is 0 Å². The lowest BCUT2D eigenvalue weighted by Crippen LogP contribution is -2.61. The summed E-state index contributed by atoms with van der Waals surface area (Å²) >= 11 is 0. The van der Waals surface area contributed by atoms with Crippen LogP contribution in [0.1, 0.15) is 40.5 Å². The van der Waals surface area contributed by atoms with Crippen molar-refractivity contribution in [3.8, 4) is 0 Å². The molecule has 98 valence electrons. The summed E-state index contributed by atoms with van der Waals surface area (Å²) in [5.41, 5.74) is 5.75. The molecule has 4 N–H and O–H groups in total. The topological polar surface area (TPSA) is 48.1 Å². The van der Waals surface area contributed by atoms with E-state index in [4.69, 9.17) is 0 Å². The van der Waals surface area contributed by atoms with Crippen LogP contribution in [0.3, 0.4) is 0 Å². The number of halogens is 1. The number of hydrogen-bond donors (Lipinski definition) is 4. The van der Waals surface area contributed by atoms with Gasteiger partial charge in [-0.25, -0.2) is 9.82 Å². The molecule has 17 heavy (non-hydrogen) atoms. The van der Waals surface area contributed by atoms with E-state index >= 15 is 0 Å². The van der Waals surface area contributed by atoms with Gasteiger partial charge in [0.15, 0.2) is 5.83 Å². The summed E-state index contributed by atoms with van der Waals surface area (Å²) in [7, 11) is 0. The highest BCUT2D eigenvalue weighted by Crippen LogP contribution is 2.29. The Labute approximate surface area is 102 Å². The maximum Gasteiger partial charge on any atom is 0.157 e. The zero-order valence-electron chi connectivity index (χ0n) is 11.1. The number of rotatable bonds is 2. The predicted molar refractivity (Wildman–Crippen MR) is 66.7 cm³/mol. The third kappa shape index (κ3) is 3.10. The lowest BCUT2D eigenvalue weighted by Gasteiger charge is -2.46. The van der Waals surface area contributed by atoms with Crippen molar-refractivity contribution in [2.75, 3.05) is 6.54 Å². The molecule has 0 aromatic carbocycles. The summed E-state index contributed by atoms with van der Waals surface area (Å²) in [6, 6.07) is 0.286. The first-order valence-corrected chi connectivity index (χ1v) is 6.21. The maximum atomic E-state index is 13.4. The molecule has 0 aromatic rings. The van der Waals surface area contributed by atoms with Gasteiger partial charge in [0.25, 0.3) is 0 Å². The SMILES string of the molecule is CC1(C)CC(NC2=C(F)CNN2)CC(C)(C)N1. The van der Waals surface area contributed by atoms with Gasteiger partial charge in [0.05, 0.1) is 6.54 Å². The average Bonchev–Trinajstić information content (AvgIpc) is 2.45. The van der Waals surface area contributed by atoms with Gasteiger partial charge >= 0.3 is 0 Å². The minimum atomic E-state index is -0.140. The van der Waals surface area contributed by atoms with Crippen LogP contribution >= 0.6 is 0 Å². The first-order chi connectivity index (χ1) is 7.77. The minimum absolute atomic E-state index is 0.0719. The van der Waals surface area contributed by atoms with Crippen LogP contribution in [0.4, 0.5) is 4.39 Å². The molecule has 0 bridgehead atoms. The standard InChI is InChI=1S/C12H23FN4/c1-11(2)5-8(6-12(3,4)17-11)15-10-9(13)7-14-16-10/h8,14-17H,5-7H2,1-4H3. The summed E-state index contributed by atoms with van der Waals surface area (Å²) in [4.78, 5) is 0. The molecule has 2 heterocycles. The Morgan fingerprint density at radius 1 is 1.18 bits per heavy atom. The molecular formula is C12H23FN4. The van der Waals surface area contributed by atoms with Crippen molar-refractivity contribution in [1.29, 1.82) is 0 Å². The summed E-state index contributed by atoms with van der Waals surface area (Å²) in [5, 5.41) is 6.88. The fourth-order valence-corrected chi connectivity index (χ4v) is 3.11. The fraction of sp³-hybridized carbons (Fsp3) is 0.833. The van der Waals surface area contributed by atoms with Gasteiger partial charge in [0.2, 0.25) is 0 Å². The van der Waals surface area contributed by atoms with Crippen LogP contribution in [-0.4, -0.2) is 23.7 Å². The van der Waals surface area contributed by atoms with Gasteiger partial charge in [-0.2, -0.15) is 0 Å². The van der Waals surface area contributed by atoms with Crippen molar-refractivity contribution in [2.24, 2.45) is 0 Å². The van der Waals surface area contributed by atoms with Crippen molar-refractivity contribution in [2.45, 2.75) is 57.7 Å². The van der Waals surface area contributed by atoms with E-state index in [9.17, 15) is 4.39 Å². The second kappa shape index (κ2) is 4.14. The quantitative estimate of drug-likeness (QED) is 0.586. The van der Waals surface area contributed by atoms with E-state index in [1.807, 2.05) is 0 Å². The molecule has 1 saturated heterocycles. The first kappa shape index (κ1) is 12.6. The van der Waals surface area contributed by atoms with E-state index in [0.717, 1.165) is 12.8 Å². The summed E-state index contributed by atoms with van der Waals surface area (Å²) in [6.07, 6.45) is 1.96. The molecule has 0 unspecified atom stereocenters. The summed E-state index contributed by atoms with van der Waals surface area (Å²) in [6.45, 7) is 9.02. The third-order valence-corrected chi connectivity index (χ3v) is 3.27. The van der Waals surface area contributed by atoms with E-state index in [1.54, 1.807) is 0 Å². The van der Waals surface area contributed by atoms with Crippen molar-refractivity contribution >= 4 is 0 Å². The summed E-state index contributed by atoms with van der Waals surface area (Å²) < 4.78 is 13.4. The second-order valence-corrected chi connectivity index (χ2v) is 6.40. The minimum Gasteiger partial charge on any atom is -0.366 e. The van der Waals surface area contributed by atoms with Gasteiger partial charge < -0.3 is 16.1 Å². The van der Waals surface area contributed by atoms with E-state index in [0.29, 0.717) is 5.82 Å². The van der Waals surface area contributed by atoms with Crippen molar-refractivity contribution < 1.29 is 4.39 Å². The Morgan fingerprint density at radius 3 is 2.24 bits per heavy atom. The van der Waals surface area contributed by atoms with Crippen molar-refractivity contribution in [1.82, 2.24) is 21.5 Å². The molecule has 2 rings (SSSR count). The maximum absolute atomic E-state index is 13.4. The highest BCUT2D eigenvalue weighted by Gasteiger charge is 2.38. The van der Waals surface area contributed by atoms with Gasteiger partial charge in [-0.3, -0.25) is 0 Å². The monoisotopic (exact) mass is 242 g/mol. The molecular weight excluding hydrogens is 219 g/mol. The van der Waals surface area contributed by atoms with Gasteiger partial charge in [0.1, 0.15) is 5.82 Å². The highest BCUT2D eigenvalue weighted by molar-refractivity contribution is 5.12. The van der Waals surface area contributed by atoms with Gasteiger partial charge in [-0.05, 0) is 40.5 Å². The van der Waals surface area contributed by atoms with Crippen molar-refractivity contribution in [3.05, 3.63) is 11.6 Å². The fourth-order valence-electron chi connectivity index (χ4n) is 3.11. The van der Waals surface area contributed by atoms with Gasteiger partial charge in [-0.1, -0.05) is 0 Å². The average molecular weight is 242 g/mol. The normalized spacial score (nSPS) is 28.1. The molecule has 0 spiro atoms. The lowest BCUT2D eigenvalue weighted by molar-refractivity contribution is 0.150. The number of piperidine rings is 1. The Kier molecular flexibility index (Phi) is 3.08. The number of hydrazine groups is 1. The smallest absolute Gasteiger partial charge is 0.157 e. The Bertz CT molecular complexity index is 319. The Balaban J connectivity index is 2.04. The molecule has 0 amide bonds. The second-order valence-electron chi connectivity index (χ2n) is 6.40. The molecule has 4 nitrogen and oxygen atoms in total. The molecule has 5 heteroatoms. The Hall–Kier alpha value is -0.810. The van der Waals surface area contributed by atoms with E-state index in [-0.39, 0.29) is 29.5 Å². The van der Waals surface area contributed by atoms with E-state index in [1.165, 1.54) is 0 Å². The van der Waals surface area contributed by atoms with Crippen molar-refractivity contribution in [3.63, 3.8) is 0 Å². The molecule has 0 radical (unpaired) electrons. The van der Waals surface area contributed by atoms with Crippen LogP contribution < -0.4 is 21.5 Å². The van der Waals surface area contributed by atoms with Crippen LogP contribution in [0.25, 0.3) is 0 Å². The molecule has 0 atom stereocenters. The van der Waals surface area contributed by atoms with Gasteiger partial charge in [-0.15, -0.1) is 0 Å². The first-order valence-electron chi connectivity index (χ1n) is 6.21. The number of nitrogens with one attached hydrogen (secondary N) is 4. The molecule has 1 fully saturated rings. The van der Waals surface area contributed by atoms with Crippen LogP contribution in [0.5, 0.6) is 0 Å². The predicted octanol–water partition coefficient (Wildman–Crippen LogP) is 1.13. The van der Waals surface area contributed by atoms with E-state index in [2.05, 4.69) is 49.2 Å². The molecule has 0 saturated carbocycles. The van der Waals surface area contributed by atoms with E-state index < -0.39 is 0 Å². The zero-order chi connectivity index (χ0) is 12.7. The van der Waals surface area contributed by atoms with Gasteiger partial charge in [0, 0.05) is 17.1 Å². The highest BCUT2D eigenvalue weighted by atomic mass is 19.1. The molecule has 2 aliphatic heterocycles. The zero-order valence-corrected chi connectivity index (χ0v) is 11.1. The number of hydrogen-bond acceptors (Lipinski definition) is 4.